The molecule has 0 bridgehead atoms. The molecule has 2 rings (SSSR count). The third-order valence-electron chi connectivity index (χ3n) is 2.90. The molecule has 0 aliphatic carbocycles. The number of hydrogen-bond donors (Lipinski definition) is 0. The maximum Gasteiger partial charge on any atom is 0.195 e. The second-order valence-electron chi connectivity index (χ2n) is 5.31. The van der Waals surface area contributed by atoms with E-state index in [1.54, 1.807) is 0 Å². The number of aromatic nitrogens is 2. The van der Waals surface area contributed by atoms with Gasteiger partial charge >= 0.3 is 0 Å². The van der Waals surface area contributed by atoms with Crippen LogP contribution in [0.2, 0.25) is 24.9 Å². The summed E-state index contributed by atoms with van der Waals surface area (Å²) in [6.45, 7) is 11.1. The largest absolute Gasteiger partial charge is 0.343 e. The van der Waals surface area contributed by atoms with E-state index >= 15 is 0 Å². The minimum Gasteiger partial charge on any atom is -0.343 e. The van der Waals surface area contributed by atoms with Gasteiger partial charge in [0, 0.05) is 0 Å². The van der Waals surface area contributed by atoms with Crippen LogP contribution in [0.15, 0.2) is 12.1 Å². The average molecular weight is 253 g/mol. The summed E-state index contributed by atoms with van der Waals surface area (Å²) in [5, 5.41) is 0.624. The molecule has 1 aromatic carbocycles. The second-order valence-corrected chi connectivity index (χ2v) is 10.4. The summed E-state index contributed by atoms with van der Waals surface area (Å²) >= 11 is 6.24. The summed E-state index contributed by atoms with van der Waals surface area (Å²) in [7, 11) is -1.51. The second kappa shape index (κ2) is 3.60. The topological polar surface area (TPSA) is 17.8 Å². The number of imidazole rings is 1. The number of halogens is 1. The SMILES string of the molecule is Cc1cc2nc(Cl)n([Si](C)(C)C)c2cc1C. The fourth-order valence-electron chi connectivity index (χ4n) is 1.94. The van der Waals surface area contributed by atoms with Crippen molar-refractivity contribution >= 4 is 30.9 Å². The van der Waals surface area contributed by atoms with Gasteiger partial charge in [-0.3, -0.25) is 0 Å². The first-order valence-electron chi connectivity index (χ1n) is 5.46. The maximum atomic E-state index is 6.24. The molecule has 0 aliphatic rings. The number of rotatable bonds is 1. The summed E-state index contributed by atoms with van der Waals surface area (Å²) in [5.41, 5.74) is 4.75. The zero-order chi connectivity index (χ0) is 12.1. The lowest BCUT2D eigenvalue weighted by Gasteiger charge is -2.20. The van der Waals surface area contributed by atoms with Crippen molar-refractivity contribution in [1.29, 1.82) is 0 Å². The van der Waals surface area contributed by atoms with E-state index < -0.39 is 8.24 Å². The highest BCUT2D eigenvalue weighted by Crippen LogP contribution is 2.26. The summed E-state index contributed by atoms with van der Waals surface area (Å²) in [4.78, 5) is 4.44. The molecular weight excluding hydrogens is 236 g/mol. The smallest absolute Gasteiger partial charge is 0.195 e. The van der Waals surface area contributed by atoms with Gasteiger partial charge in [-0.25, -0.2) is 4.98 Å². The quantitative estimate of drug-likeness (QED) is 0.702. The highest BCUT2D eigenvalue weighted by molar-refractivity contribution is 6.76. The molecule has 0 aliphatic heterocycles. The third kappa shape index (κ3) is 1.78. The highest BCUT2D eigenvalue weighted by atomic mass is 35.5. The van der Waals surface area contributed by atoms with E-state index in [-0.39, 0.29) is 0 Å². The third-order valence-corrected chi connectivity index (χ3v) is 5.09. The number of fused-ring (bicyclic) bond motifs is 1. The lowest BCUT2D eigenvalue weighted by atomic mass is 10.1. The molecule has 0 radical (unpaired) electrons. The van der Waals surface area contributed by atoms with Gasteiger partial charge in [-0.15, -0.1) is 0 Å². The molecule has 0 saturated heterocycles. The zero-order valence-corrected chi connectivity index (χ0v) is 12.2. The van der Waals surface area contributed by atoms with E-state index in [9.17, 15) is 0 Å². The van der Waals surface area contributed by atoms with Gasteiger partial charge in [-0.2, -0.15) is 0 Å². The van der Waals surface area contributed by atoms with Gasteiger partial charge in [0.1, 0.15) is 0 Å². The molecule has 1 aromatic heterocycles. The molecule has 1 heterocycles. The molecule has 0 fully saturated rings. The van der Waals surface area contributed by atoms with Crippen molar-refractivity contribution < 1.29 is 0 Å². The van der Waals surface area contributed by atoms with Crippen LogP contribution >= 0.6 is 11.6 Å². The molecule has 2 nitrogen and oxygen atoms in total. The van der Waals surface area contributed by atoms with Crippen molar-refractivity contribution in [1.82, 2.24) is 9.22 Å². The minimum absolute atomic E-state index is 0.624. The van der Waals surface area contributed by atoms with Gasteiger partial charge in [0.05, 0.1) is 11.0 Å². The standard InChI is InChI=1S/C12H17ClN2Si/c1-8-6-10-11(7-9(8)2)15(12(13)14-10)16(3,4)5/h6-7H,1-5H3. The normalized spacial score (nSPS) is 12.4. The first-order chi connectivity index (χ1) is 7.30. The first-order valence-corrected chi connectivity index (χ1v) is 9.29. The van der Waals surface area contributed by atoms with Crippen LogP contribution in [0.3, 0.4) is 0 Å². The molecule has 4 heteroatoms. The molecule has 0 N–H and O–H groups in total. The molecule has 16 heavy (non-hydrogen) atoms. The molecule has 2 aromatic rings. The van der Waals surface area contributed by atoms with E-state index in [1.807, 2.05) is 0 Å². The lowest BCUT2D eigenvalue weighted by molar-refractivity contribution is 1.16. The van der Waals surface area contributed by atoms with Gasteiger partial charge in [0.15, 0.2) is 13.5 Å². The Hall–Kier alpha value is -0.803. The van der Waals surface area contributed by atoms with Crippen molar-refractivity contribution in [3.63, 3.8) is 0 Å². The predicted octanol–water partition coefficient (Wildman–Crippen LogP) is 3.99. The Bertz CT molecular complexity index is 552. The summed E-state index contributed by atoms with van der Waals surface area (Å²) in [6.07, 6.45) is 0. The van der Waals surface area contributed by atoms with E-state index in [0.717, 1.165) is 5.52 Å². The molecule has 0 atom stereocenters. The molecule has 0 amide bonds. The van der Waals surface area contributed by atoms with Gasteiger partial charge in [-0.1, -0.05) is 19.6 Å². The van der Waals surface area contributed by atoms with E-state index in [4.69, 9.17) is 11.6 Å². The highest BCUT2D eigenvalue weighted by Gasteiger charge is 2.23. The summed E-state index contributed by atoms with van der Waals surface area (Å²) < 4.78 is 2.22. The minimum atomic E-state index is -1.51. The zero-order valence-electron chi connectivity index (χ0n) is 10.4. The van der Waals surface area contributed by atoms with Crippen LogP contribution in [0.4, 0.5) is 0 Å². The van der Waals surface area contributed by atoms with Crippen molar-refractivity contribution in [2.24, 2.45) is 0 Å². The molecule has 0 spiro atoms. The van der Waals surface area contributed by atoms with Gasteiger partial charge < -0.3 is 4.23 Å². The predicted molar refractivity (Wildman–Crippen MR) is 73.0 cm³/mol. The Morgan fingerprint density at radius 2 is 1.69 bits per heavy atom. The molecule has 0 saturated carbocycles. The van der Waals surface area contributed by atoms with E-state index in [2.05, 4.69) is 54.8 Å². The number of benzene rings is 1. The molecule has 0 unspecified atom stereocenters. The van der Waals surface area contributed by atoms with Crippen LogP contribution < -0.4 is 0 Å². The lowest BCUT2D eigenvalue weighted by Crippen LogP contribution is -2.31. The fourth-order valence-corrected chi connectivity index (χ4v) is 4.39. The fraction of sp³-hybridized carbons (Fsp3) is 0.417. The van der Waals surface area contributed by atoms with Crippen molar-refractivity contribution in [2.75, 3.05) is 0 Å². The van der Waals surface area contributed by atoms with Crippen LogP contribution in [0.25, 0.3) is 11.0 Å². The Morgan fingerprint density at radius 3 is 2.25 bits per heavy atom. The van der Waals surface area contributed by atoms with Gasteiger partial charge in [0.25, 0.3) is 0 Å². The Morgan fingerprint density at radius 1 is 1.12 bits per heavy atom. The first kappa shape index (κ1) is 11.7. The Kier molecular flexibility index (Phi) is 2.63. The van der Waals surface area contributed by atoms with Crippen LogP contribution in [0.1, 0.15) is 11.1 Å². The van der Waals surface area contributed by atoms with Crippen LogP contribution in [-0.4, -0.2) is 17.5 Å². The Labute approximate surface area is 102 Å². The molecular formula is C12H17ClN2Si. The van der Waals surface area contributed by atoms with E-state index in [0.29, 0.717) is 5.28 Å². The van der Waals surface area contributed by atoms with Crippen molar-refractivity contribution in [2.45, 2.75) is 33.5 Å². The monoisotopic (exact) mass is 252 g/mol. The van der Waals surface area contributed by atoms with Gasteiger partial charge in [0.2, 0.25) is 0 Å². The van der Waals surface area contributed by atoms with Crippen molar-refractivity contribution in [3.05, 3.63) is 28.5 Å². The average Bonchev–Trinajstić information content (AvgIpc) is 2.40. The van der Waals surface area contributed by atoms with Crippen LogP contribution in [0.5, 0.6) is 0 Å². The van der Waals surface area contributed by atoms with Crippen molar-refractivity contribution in [3.8, 4) is 0 Å². The molecule has 86 valence electrons. The van der Waals surface area contributed by atoms with Crippen LogP contribution in [0, 0.1) is 13.8 Å². The van der Waals surface area contributed by atoms with E-state index in [1.165, 1.54) is 16.6 Å². The van der Waals surface area contributed by atoms with Crippen LogP contribution in [-0.2, 0) is 0 Å². The number of nitrogens with zero attached hydrogens (tertiary/aromatic N) is 2. The number of aryl methyl sites for hydroxylation is 2. The summed E-state index contributed by atoms with van der Waals surface area (Å²) in [5.74, 6) is 0. The Balaban J connectivity index is 2.84. The van der Waals surface area contributed by atoms with Gasteiger partial charge in [-0.05, 0) is 48.7 Å². The maximum absolute atomic E-state index is 6.24. The number of hydrogen-bond acceptors (Lipinski definition) is 1. The summed E-state index contributed by atoms with van der Waals surface area (Å²) in [6, 6.07) is 4.31.